The van der Waals surface area contributed by atoms with Crippen LogP contribution in [-0.4, -0.2) is 65.4 Å². The highest BCUT2D eigenvalue weighted by atomic mass is 16.2. The molecule has 6 heteroatoms. The Hall–Kier alpha value is -2.34. The third kappa shape index (κ3) is 5.13. The van der Waals surface area contributed by atoms with Gasteiger partial charge in [0, 0.05) is 56.6 Å². The standard InChI is InChI=1S/C22H32N4O2/c1-16(2)8-9-25-10-12-26(13-11-25)22(28)21(24-17(3)27)14-18-15-23-20-7-5-4-6-19(18)20/h4-7,15-16,21,23H,8-14H2,1-3H3,(H,24,27). The van der Waals surface area contributed by atoms with Crippen molar-refractivity contribution in [1.29, 1.82) is 0 Å². The Bertz CT molecular complexity index is 806. The second kappa shape index (κ2) is 9.24. The number of aromatic amines is 1. The molecular formula is C22H32N4O2. The van der Waals surface area contributed by atoms with Gasteiger partial charge in [-0.05, 0) is 30.5 Å². The van der Waals surface area contributed by atoms with Gasteiger partial charge in [-0.15, -0.1) is 0 Å². The molecule has 0 radical (unpaired) electrons. The van der Waals surface area contributed by atoms with Crippen molar-refractivity contribution in [3.05, 3.63) is 36.0 Å². The molecule has 1 fully saturated rings. The van der Waals surface area contributed by atoms with Crippen LogP contribution in [-0.2, 0) is 16.0 Å². The van der Waals surface area contributed by atoms with Gasteiger partial charge in [0.2, 0.25) is 11.8 Å². The molecule has 1 atom stereocenters. The molecule has 1 unspecified atom stereocenters. The molecule has 1 aliphatic rings. The van der Waals surface area contributed by atoms with Crippen LogP contribution in [0.5, 0.6) is 0 Å². The van der Waals surface area contributed by atoms with Gasteiger partial charge in [0.25, 0.3) is 0 Å². The van der Waals surface area contributed by atoms with E-state index in [4.69, 9.17) is 0 Å². The molecule has 2 N–H and O–H groups in total. The van der Waals surface area contributed by atoms with Crippen molar-refractivity contribution < 1.29 is 9.59 Å². The Balaban J connectivity index is 1.65. The summed E-state index contributed by atoms with van der Waals surface area (Å²) in [4.78, 5) is 32.5. The quantitative estimate of drug-likeness (QED) is 0.770. The zero-order valence-electron chi connectivity index (χ0n) is 17.2. The highest BCUT2D eigenvalue weighted by molar-refractivity contribution is 5.89. The van der Waals surface area contributed by atoms with E-state index in [0.29, 0.717) is 12.3 Å². The van der Waals surface area contributed by atoms with Crippen LogP contribution in [0.1, 0.15) is 32.8 Å². The molecule has 1 aromatic carbocycles. The number of piperazine rings is 1. The fourth-order valence-electron chi connectivity index (χ4n) is 3.82. The number of H-pyrrole nitrogens is 1. The number of nitrogens with zero attached hydrogens (tertiary/aromatic N) is 2. The molecule has 0 bridgehead atoms. The first-order valence-corrected chi connectivity index (χ1v) is 10.3. The SMILES string of the molecule is CC(=O)NC(Cc1c[nH]c2ccccc12)C(=O)N1CCN(CCC(C)C)CC1. The van der Waals surface area contributed by atoms with Crippen molar-refractivity contribution in [1.82, 2.24) is 20.1 Å². The highest BCUT2D eigenvalue weighted by Crippen LogP contribution is 2.20. The Morgan fingerprint density at radius 2 is 1.86 bits per heavy atom. The van der Waals surface area contributed by atoms with Crippen LogP contribution < -0.4 is 5.32 Å². The number of carbonyl (C=O) groups excluding carboxylic acids is 2. The third-order valence-electron chi connectivity index (χ3n) is 5.48. The minimum Gasteiger partial charge on any atom is -0.361 e. The monoisotopic (exact) mass is 384 g/mol. The number of hydrogen-bond donors (Lipinski definition) is 2. The normalized spacial score (nSPS) is 16.5. The molecule has 0 spiro atoms. The first kappa shape index (κ1) is 20.4. The summed E-state index contributed by atoms with van der Waals surface area (Å²) >= 11 is 0. The first-order chi connectivity index (χ1) is 13.4. The van der Waals surface area contributed by atoms with E-state index in [1.165, 1.54) is 13.3 Å². The van der Waals surface area contributed by atoms with E-state index >= 15 is 0 Å². The topological polar surface area (TPSA) is 68.4 Å². The summed E-state index contributed by atoms with van der Waals surface area (Å²) in [5.41, 5.74) is 2.10. The lowest BCUT2D eigenvalue weighted by Gasteiger charge is -2.36. The molecule has 1 aromatic heterocycles. The molecule has 1 saturated heterocycles. The average molecular weight is 385 g/mol. The van der Waals surface area contributed by atoms with Crippen LogP contribution >= 0.6 is 0 Å². The van der Waals surface area contributed by atoms with Gasteiger partial charge in [0.05, 0.1) is 0 Å². The number of fused-ring (bicyclic) bond motifs is 1. The van der Waals surface area contributed by atoms with E-state index in [2.05, 4.69) is 29.0 Å². The van der Waals surface area contributed by atoms with Gasteiger partial charge in [0.15, 0.2) is 0 Å². The lowest BCUT2D eigenvalue weighted by Crippen LogP contribution is -2.55. The summed E-state index contributed by atoms with van der Waals surface area (Å²) in [6, 6.07) is 7.51. The number of benzene rings is 1. The average Bonchev–Trinajstić information content (AvgIpc) is 3.08. The highest BCUT2D eigenvalue weighted by Gasteiger charge is 2.28. The van der Waals surface area contributed by atoms with Gasteiger partial charge < -0.3 is 15.2 Å². The fraction of sp³-hybridized carbons (Fsp3) is 0.545. The smallest absolute Gasteiger partial charge is 0.245 e. The number of para-hydroxylation sites is 1. The third-order valence-corrected chi connectivity index (χ3v) is 5.48. The van der Waals surface area contributed by atoms with Gasteiger partial charge in [-0.1, -0.05) is 32.0 Å². The molecule has 6 nitrogen and oxygen atoms in total. The summed E-state index contributed by atoms with van der Waals surface area (Å²) in [6.07, 6.45) is 3.62. The molecule has 0 aliphatic carbocycles. The zero-order valence-corrected chi connectivity index (χ0v) is 17.2. The maximum Gasteiger partial charge on any atom is 0.245 e. The lowest BCUT2D eigenvalue weighted by atomic mass is 10.0. The Kier molecular flexibility index (Phi) is 6.73. The number of hydrogen-bond acceptors (Lipinski definition) is 3. The maximum atomic E-state index is 13.2. The van der Waals surface area contributed by atoms with E-state index in [1.807, 2.05) is 35.4 Å². The van der Waals surface area contributed by atoms with Gasteiger partial charge in [-0.2, -0.15) is 0 Å². The predicted octanol–water partition coefficient (Wildman–Crippen LogP) is 2.41. The summed E-state index contributed by atoms with van der Waals surface area (Å²) < 4.78 is 0. The van der Waals surface area contributed by atoms with Crippen LogP contribution in [0, 0.1) is 5.92 Å². The molecule has 2 aromatic rings. The Morgan fingerprint density at radius 3 is 2.54 bits per heavy atom. The van der Waals surface area contributed by atoms with Crippen molar-refractivity contribution in [2.75, 3.05) is 32.7 Å². The second-order valence-electron chi connectivity index (χ2n) is 8.17. The summed E-state index contributed by atoms with van der Waals surface area (Å²) in [7, 11) is 0. The summed E-state index contributed by atoms with van der Waals surface area (Å²) in [5.74, 6) is 0.540. The maximum absolute atomic E-state index is 13.2. The minimum absolute atomic E-state index is 0.0176. The first-order valence-electron chi connectivity index (χ1n) is 10.3. The number of carbonyl (C=O) groups is 2. The molecule has 152 valence electrons. The van der Waals surface area contributed by atoms with E-state index in [0.717, 1.165) is 49.2 Å². The number of nitrogens with one attached hydrogen (secondary N) is 2. The van der Waals surface area contributed by atoms with Crippen LogP contribution in [0.4, 0.5) is 0 Å². The van der Waals surface area contributed by atoms with Crippen LogP contribution in [0.2, 0.25) is 0 Å². The lowest BCUT2D eigenvalue weighted by molar-refractivity contribution is -0.137. The fourth-order valence-corrected chi connectivity index (χ4v) is 3.82. The molecular weight excluding hydrogens is 352 g/mol. The van der Waals surface area contributed by atoms with Crippen LogP contribution in [0.25, 0.3) is 10.9 Å². The van der Waals surface area contributed by atoms with Gasteiger partial charge in [0.1, 0.15) is 6.04 Å². The van der Waals surface area contributed by atoms with Crippen molar-refractivity contribution in [3.63, 3.8) is 0 Å². The summed E-state index contributed by atoms with van der Waals surface area (Å²) in [6.45, 7) is 10.3. The minimum atomic E-state index is -0.529. The van der Waals surface area contributed by atoms with E-state index < -0.39 is 6.04 Å². The van der Waals surface area contributed by atoms with E-state index in [1.54, 1.807) is 0 Å². The number of rotatable bonds is 7. The molecule has 2 amide bonds. The van der Waals surface area contributed by atoms with Crippen molar-refractivity contribution in [2.45, 2.75) is 39.7 Å². The van der Waals surface area contributed by atoms with Gasteiger partial charge in [-0.3, -0.25) is 14.5 Å². The van der Waals surface area contributed by atoms with Gasteiger partial charge >= 0.3 is 0 Å². The second-order valence-corrected chi connectivity index (χ2v) is 8.17. The Labute approximate surface area is 167 Å². The molecule has 3 rings (SSSR count). The zero-order chi connectivity index (χ0) is 20.1. The number of aromatic nitrogens is 1. The molecule has 1 aliphatic heterocycles. The van der Waals surface area contributed by atoms with Gasteiger partial charge in [-0.25, -0.2) is 0 Å². The van der Waals surface area contributed by atoms with Crippen molar-refractivity contribution >= 4 is 22.7 Å². The van der Waals surface area contributed by atoms with Crippen LogP contribution in [0.15, 0.2) is 30.5 Å². The van der Waals surface area contributed by atoms with E-state index in [9.17, 15) is 9.59 Å². The molecule has 28 heavy (non-hydrogen) atoms. The predicted molar refractivity (Wildman–Crippen MR) is 112 cm³/mol. The largest absolute Gasteiger partial charge is 0.361 e. The summed E-state index contributed by atoms with van der Waals surface area (Å²) in [5, 5.41) is 3.97. The molecule has 0 saturated carbocycles. The van der Waals surface area contributed by atoms with Crippen LogP contribution in [0.3, 0.4) is 0 Å². The van der Waals surface area contributed by atoms with Crippen molar-refractivity contribution in [2.24, 2.45) is 5.92 Å². The van der Waals surface area contributed by atoms with E-state index in [-0.39, 0.29) is 11.8 Å². The number of amides is 2. The van der Waals surface area contributed by atoms with Crippen molar-refractivity contribution in [3.8, 4) is 0 Å². The Morgan fingerprint density at radius 1 is 1.14 bits per heavy atom. The molecule has 2 heterocycles.